The molecular formula is C16H21N5O5S. The maximum atomic E-state index is 12.6. The summed E-state index contributed by atoms with van der Waals surface area (Å²) in [5.41, 5.74) is 6.37. The van der Waals surface area contributed by atoms with E-state index in [4.69, 9.17) is 15.2 Å². The highest BCUT2D eigenvalue weighted by Gasteiger charge is 2.23. The van der Waals surface area contributed by atoms with Crippen LogP contribution in [0.5, 0.6) is 11.5 Å². The maximum absolute atomic E-state index is 12.6. The van der Waals surface area contributed by atoms with Gasteiger partial charge in [0.1, 0.15) is 6.04 Å². The molecule has 0 radical (unpaired) electrons. The van der Waals surface area contributed by atoms with Gasteiger partial charge in [-0.3, -0.25) is 14.2 Å². The average Bonchev–Trinajstić information content (AvgIpc) is 3.05. The van der Waals surface area contributed by atoms with E-state index in [0.29, 0.717) is 22.3 Å². The van der Waals surface area contributed by atoms with Gasteiger partial charge in [0.25, 0.3) is 0 Å². The Hall–Kier alpha value is -2.95. The van der Waals surface area contributed by atoms with E-state index < -0.39 is 12.0 Å². The van der Waals surface area contributed by atoms with Crippen LogP contribution in [0.4, 0.5) is 11.6 Å². The molecule has 10 nitrogen and oxygen atoms in total. The molecule has 11 heteroatoms. The first-order valence-corrected chi connectivity index (χ1v) is 8.82. The SMILES string of the molecule is COC(=O)CSc1nnc(N)n1C(C)C(=O)Nc1ccc(OC)c(OC)c1. The van der Waals surface area contributed by atoms with Gasteiger partial charge in [-0.25, -0.2) is 0 Å². The van der Waals surface area contributed by atoms with Crippen molar-refractivity contribution in [2.24, 2.45) is 0 Å². The number of carbonyl (C=O) groups excluding carboxylic acids is 2. The number of nitrogen functional groups attached to an aromatic ring is 1. The van der Waals surface area contributed by atoms with Gasteiger partial charge in [-0.15, -0.1) is 10.2 Å². The van der Waals surface area contributed by atoms with Gasteiger partial charge >= 0.3 is 5.97 Å². The Bertz CT molecular complexity index is 826. The second-order valence-electron chi connectivity index (χ2n) is 5.31. The van der Waals surface area contributed by atoms with Crippen LogP contribution in [0.2, 0.25) is 0 Å². The van der Waals surface area contributed by atoms with Crippen LogP contribution in [0.25, 0.3) is 0 Å². The largest absolute Gasteiger partial charge is 0.493 e. The maximum Gasteiger partial charge on any atom is 0.316 e. The highest BCUT2D eigenvalue weighted by Crippen LogP contribution is 2.30. The quantitative estimate of drug-likeness (QED) is 0.502. The van der Waals surface area contributed by atoms with Crippen molar-refractivity contribution in [3.8, 4) is 11.5 Å². The van der Waals surface area contributed by atoms with Crippen molar-refractivity contribution in [2.75, 3.05) is 38.1 Å². The monoisotopic (exact) mass is 395 g/mol. The van der Waals surface area contributed by atoms with Crippen LogP contribution in [-0.4, -0.2) is 53.7 Å². The van der Waals surface area contributed by atoms with Crippen LogP contribution >= 0.6 is 11.8 Å². The van der Waals surface area contributed by atoms with Gasteiger partial charge in [-0.1, -0.05) is 11.8 Å². The highest BCUT2D eigenvalue weighted by molar-refractivity contribution is 7.99. The number of hydrogen-bond donors (Lipinski definition) is 2. The third kappa shape index (κ3) is 4.82. The summed E-state index contributed by atoms with van der Waals surface area (Å²) in [6, 6.07) is 4.30. The van der Waals surface area contributed by atoms with Crippen LogP contribution in [0.1, 0.15) is 13.0 Å². The third-order valence-electron chi connectivity index (χ3n) is 3.66. The molecule has 0 fully saturated rings. The zero-order valence-electron chi connectivity index (χ0n) is 15.4. The number of thioether (sulfide) groups is 1. The van der Waals surface area contributed by atoms with Crippen molar-refractivity contribution in [2.45, 2.75) is 18.1 Å². The van der Waals surface area contributed by atoms with Gasteiger partial charge < -0.3 is 25.3 Å². The first-order valence-electron chi connectivity index (χ1n) is 7.84. The van der Waals surface area contributed by atoms with Crippen LogP contribution in [0, 0.1) is 0 Å². The van der Waals surface area contributed by atoms with Crippen LogP contribution in [-0.2, 0) is 14.3 Å². The lowest BCUT2D eigenvalue weighted by atomic mass is 10.2. The summed E-state index contributed by atoms with van der Waals surface area (Å²) in [5, 5.41) is 10.8. The van der Waals surface area contributed by atoms with Crippen molar-refractivity contribution >= 4 is 35.3 Å². The number of esters is 1. The fourth-order valence-corrected chi connectivity index (χ4v) is 3.07. The van der Waals surface area contributed by atoms with E-state index in [9.17, 15) is 9.59 Å². The molecule has 27 heavy (non-hydrogen) atoms. The van der Waals surface area contributed by atoms with Gasteiger partial charge in [-0.05, 0) is 19.1 Å². The molecule has 0 aliphatic carbocycles. The van der Waals surface area contributed by atoms with Crippen molar-refractivity contribution in [1.82, 2.24) is 14.8 Å². The molecule has 1 aromatic carbocycles. The second-order valence-corrected chi connectivity index (χ2v) is 6.25. The molecule has 0 saturated heterocycles. The van der Waals surface area contributed by atoms with Gasteiger partial charge in [0, 0.05) is 11.8 Å². The van der Waals surface area contributed by atoms with Crippen LogP contribution < -0.4 is 20.5 Å². The minimum Gasteiger partial charge on any atom is -0.493 e. The smallest absolute Gasteiger partial charge is 0.316 e. The first kappa shape index (κ1) is 20.4. The first-order chi connectivity index (χ1) is 12.9. The lowest BCUT2D eigenvalue weighted by Crippen LogP contribution is -2.25. The summed E-state index contributed by atoms with van der Waals surface area (Å²) in [6.45, 7) is 1.65. The molecule has 1 aromatic heterocycles. The molecule has 0 aliphatic rings. The topological polar surface area (TPSA) is 131 Å². The Morgan fingerprint density at radius 2 is 1.93 bits per heavy atom. The predicted octanol–water partition coefficient (Wildman–Crippen LogP) is 1.34. The molecule has 0 bridgehead atoms. The molecule has 2 rings (SSSR count). The number of nitrogens with zero attached hydrogens (tertiary/aromatic N) is 3. The number of nitrogens with one attached hydrogen (secondary N) is 1. The number of benzene rings is 1. The number of hydrogen-bond acceptors (Lipinski definition) is 9. The lowest BCUT2D eigenvalue weighted by Gasteiger charge is -2.17. The summed E-state index contributed by atoms with van der Waals surface area (Å²) in [7, 11) is 4.33. The Morgan fingerprint density at radius 1 is 1.22 bits per heavy atom. The van der Waals surface area contributed by atoms with Gasteiger partial charge in [-0.2, -0.15) is 0 Å². The van der Waals surface area contributed by atoms with E-state index in [2.05, 4.69) is 20.3 Å². The number of ether oxygens (including phenoxy) is 3. The lowest BCUT2D eigenvalue weighted by molar-refractivity contribution is -0.137. The standard InChI is InChI=1S/C16H21N5O5S/c1-9(21-15(17)19-20-16(21)27-8-13(22)26-4)14(23)18-10-5-6-11(24-2)12(7-10)25-3/h5-7,9H,8H2,1-4H3,(H2,17,19)(H,18,23). The molecule has 0 aliphatic heterocycles. The van der Waals surface area contributed by atoms with E-state index in [-0.39, 0.29) is 17.6 Å². The Balaban J connectivity index is 2.16. The summed E-state index contributed by atoms with van der Waals surface area (Å²) in [4.78, 5) is 24.0. The summed E-state index contributed by atoms with van der Waals surface area (Å²) in [5.74, 6) is 0.370. The number of nitrogens with two attached hydrogens (primary N) is 1. The summed E-state index contributed by atoms with van der Waals surface area (Å²) in [6.07, 6.45) is 0. The molecule has 146 valence electrons. The Labute approximate surface area is 160 Å². The highest BCUT2D eigenvalue weighted by atomic mass is 32.2. The van der Waals surface area contributed by atoms with E-state index >= 15 is 0 Å². The van der Waals surface area contributed by atoms with Crippen molar-refractivity contribution < 1.29 is 23.8 Å². The minimum absolute atomic E-state index is 0.0264. The third-order valence-corrected chi connectivity index (χ3v) is 4.57. The molecule has 1 amide bonds. The summed E-state index contributed by atoms with van der Waals surface area (Å²) < 4.78 is 16.4. The number of aromatic nitrogens is 3. The van der Waals surface area contributed by atoms with E-state index in [0.717, 1.165) is 11.8 Å². The fraction of sp³-hybridized carbons (Fsp3) is 0.375. The zero-order chi connectivity index (χ0) is 20.0. The molecule has 2 aromatic rings. The van der Waals surface area contributed by atoms with Crippen molar-refractivity contribution in [3.63, 3.8) is 0 Å². The van der Waals surface area contributed by atoms with E-state index in [1.807, 2.05) is 0 Å². The van der Waals surface area contributed by atoms with E-state index in [1.54, 1.807) is 25.1 Å². The zero-order valence-corrected chi connectivity index (χ0v) is 16.2. The Kier molecular flexibility index (Phi) is 6.88. The van der Waals surface area contributed by atoms with Gasteiger partial charge in [0.15, 0.2) is 16.7 Å². The number of anilines is 2. The number of carbonyl (C=O) groups is 2. The molecule has 1 atom stereocenters. The van der Waals surface area contributed by atoms with E-state index in [1.165, 1.54) is 25.9 Å². The normalized spacial score (nSPS) is 11.6. The van der Waals surface area contributed by atoms with Crippen molar-refractivity contribution in [3.05, 3.63) is 18.2 Å². The molecule has 0 saturated carbocycles. The number of rotatable bonds is 8. The molecule has 3 N–H and O–H groups in total. The molecular weight excluding hydrogens is 374 g/mol. The second kappa shape index (κ2) is 9.12. The average molecular weight is 395 g/mol. The van der Waals surface area contributed by atoms with Gasteiger partial charge in [0.05, 0.1) is 27.1 Å². The minimum atomic E-state index is -0.715. The fourth-order valence-electron chi connectivity index (χ4n) is 2.21. The Morgan fingerprint density at radius 3 is 2.56 bits per heavy atom. The van der Waals surface area contributed by atoms with Crippen molar-refractivity contribution in [1.29, 1.82) is 0 Å². The molecule has 0 spiro atoms. The van der Waals surface area contributed by atoms with Crippen LogP contribution in [0.3, 0.4) is 0 Å². The predicted molar refractivity (Wildman–Crippen MR) is 100 cm³/mol. The molecule has 1 unspecified atom stereocenters. The number of amides is 1. The van der Waals surface area contributed by atoms with Gasteiger partial charge in [0.2, 0.25) is 11.9 Å². The number of methoxy groups -OCH3 is 3. The molecule has 1 heterocycles. The summed E-state index contributed by atoms with van der Waals surface area (Å²) >= 11 is 1.08. The van der Waals surface area contributed by atoms with Crippen LogP contribution in [0.15, 0.2) is 23.4 Å².